The molecule has 0 N–H and O–H groups in total. The summed E-state index contributed by atoms with van der Waals surface area (Å²) in [7, 11) is 0. The van der Waals surface area contributed by atoms with Gasteiger partial charge in [-0.05, 0) is 20.8 Å². The van der Waals surface area contributed by atoms with Crippen LogP contribution in [-0.4, -0.2) is 18.2 Å². The van der Waals surface area contributed by atoms with Crippen molar-refractivity contribution in [2.24, 2.45) is 0 Å². The molecule has 0 aliphatic carbocycles. The standard InChI is InChI=1S/C8H12O3/c1-4-10-6-5-7(9)11-8(6,2)3/h5H,4H2,1-3H3. The van der Waals surface area contributed by atoms with Crippen molar-refractivity contribution in [1.29, 1.82) is 0 Å². The number of hydrogen-bond acceptors (Lipinski definition) is 3. The smallest absolute Gasteiger partial charge is 0.335 e. The summed E-state index contributed by atoms with van der Waals surface area (Å²) in [4.78, 5) is 10.8. The van der Waals surface area contributed by atoms with Crippen LogP contribution < -0.4 is 0 Å². The van der Waals surface area contributed by atoms with E-state index in [2.05, 4.69) is 0 Å². The maximum atomic E-state index is 10.8. The Hall–Kier alpha value is -0.990. The maximum absolute atomic E-state index is 10.8. The van der Waals surface area contributed by atoms with Crippen molar-refractivity contribution >= 4 is 5.97 Å². The number of cyclic esters (lactones) is 1. The van der Waals surface area contributed by atoms with E-state index in [1.807, 2.05) is 6.92 Å². The first-order valence-electron chi connectivity index (χ1n) is 3.64. The molecule has 0 aromatic carbocycles. The minimum atomic E-state index is -0.576. The van der Waals surface area contributed by atoms with Gasteiger partial charge >= 0.3 is 5.97 Å². The van der Waals surface area contributed by atoms with Gasteiger partial charge in [0.25, 0.3) is 0 Å². The highest BCUT2D eigenvalue weighted by atomic mass is 16.6. The number of hydrogen-bond donors (Lipinski definition) is 0. The van der Waals surface area contributed by atoms with Crippen LogP contribution in [0, 0.1) is 0 Å². The third-order valence-electron chi connectivity index (χ3n) is 1.50. The lowest BCUT2D eigenvalue weighted by atomic mass is 10.1. The predicted molar refractivity (Wildman–Crippen MR) is 39.9 cm³/mol. The largest absolute Gasteiger partial charge is 0.494 e. The van der Waals surface area contributed by atoms with E-state index in [9.17, 15) is 4.79 Å². The second-order valence-electron chi connectivity index (χ2n) is 2.87. The van der Waals surface area contributed by atoms with Gasteiger partial charge in [0, 0.05) is 0 Å². The average Bonchev–Trinajstić information content (AvgIpc) is 2.07. The van der Waals surface area contributed by atoms with Crippen LogP contribution in [0.3, 0.4) is 0 Å². The van der Waals surface area contributed by atoms with E-state index >= 15 is 0 Å². The molecular weight excluding hydrogens is 144 g/mol. The molecule has 0 spiro atoms. The molecule has 0 atom stereocenters. The number of esters is 1. The van der Waals surface area contributed by atoms with Crippen molar-refractivity contribution < 1.29 is 14.3 Å². The number of rotatable bonds is 2. The monoisotopic (exact) mass is 156 g/mol. The molecular formula is C8H12O3. The van der Waals surface area contributed by atoms with Gasteiger partial charge in [0.05, 0.1) is 12.7 Å². The van der Waals surface area contributed by atoms with Crippen LogP contribution in [0.4, 0.5) is 0 Å². The molecule has 0 saturated carbocycles. The number of carbonyl (C=O) groups excluding carboxylic acids is 1. The molecule has 0 saturated heterocycles. The van der Waals surface area contributed by atoms with Crippen LogP contribution in [0.1, 0.15) is 20.8 Å². The van der Waals surface area contributed by atoms with Crippen molar-refractivity contribution in [3.05, 3.63) is 11.8 Å². The van der Waals surface area contributed by atoms with Gasteiger partial charge in [-0.3, -0.25) is 0 Å². The summed E-state index contributed by atoms with van der Waals surface area (Å²) >= 11 is 0. The zero-order valence-electron chi connectivity index (χ0n) is 7.01. The lowest BCUT2D eigenvalue weighted by Crippen LogP contribution is -2.24. The molecule has 0 aromatic heterocycles. The number of carbonyl (C=O) groups is 1. The second-order valence-corrected chi connectivity index (χ2v) is 2.87. The fraction of sp³-hybridized carbons (Fsp3) is 0.625. The normalized spacial score (nSPS) is 21.0. The Morgan fingerprint density at radius 3 is 2.64 bits per heavy atom. The van der Waals surface area contributed by atoms with Crippen LogP contribution >= 0.6 is 0 Å². The third kappa shape index (κ3) is 1.53. The van der Waals surface area contributed by atoms with Gasteiger partial charge in [-0.2, -0.15) is 0 Å². The Morgan fingerprint density at radius 1 is 1.64 bits per heavy atom. The van der Waals surface area contributed by atoms with Crippen LogP contribution in [-0.2, 0) is 14.3 Å². The first kappa shape index (κ1) is 8.11. The summed E-state index contributed by atoms with van der Waals surface area (Å²) in [5, 5.41) is 0. The van der Waals surface area contributed by atoms with Crippen molar-refractivity contribution in [3.63, 3.8) is 0 Å². The lowest BCUT2D eigenvalue weighted by molar-refractivity contribution is -0.145. The van der Waals surface area contributed by atoms with Crippen LogP contribution in [0.15, 0.2) is 11.8 Å². The molecule has 0 bridgehead atoms. The zero-order chi connectivity index (χ0) is 8.48. The van der Waals surface area contributed by atoms with Crippen molar-refractivity contribution in [2.75, 3.05) is 6.61 Å². The summed E-state index contributed by atoms with van der Waals surface area (Å²) in [6, 6.07) is 0. The van der Waals surface area contributed by atoms with E-state index in [4.69, 9.17) is 9.47 Å². The summed E-state index contributed by atoms with van der Waals surface area (Å²) in [6.45, 7) is 6.05. The van der Waals surface area contributed by atoms with E-state index in [1.165, 1.54) is 6.08 Å². The Morgan fingerprint density at radius 2 is 2.27 bits per heavy atom. The van der Waals surface area contributed by atoms with Crippen LogP contribution in [0.2, 0.25) is 0 Å². The van der Waals surface area contributed by atoms with E-state index in [0.717, 1.165) is 0 Å². The Kier molecular flexibility index (Phi) is 1.89. The van der Waals surface area contributed by atoms with E-state index in [1.54, 1.807) is 13.8 Å². The van der Waals surface area contributed by atoms with E-state index < -0.39 is 5.60 Å². The van der Waals surface area contributed by atoms with Gasteiger partial charge in [0.2, 0.25) is 0 Å². The topological polar surface area (TPSA) is 35.5 Å². The maximum Gasteiger partial charge on any atom is 0.335 e. The summed E-state index contributed by atoms with van der Waals surface area (Å²) in [5.74, 6) is 0.295. The van der Waals surface area contributed by atoms with Gasteiger partial charge < -0.3 is 9.47 Å². The Bertz CT molecular complexity index is 203. The molecule has 0 radical (unpaired) electrons. The highest BCUT2D eigenvalue weighted by Gasteiger charge is 2.35. The molecule has 1 aliphatic rings. The van der Waals surface area contributed by atoms with Crippen molar-refractivity contribution in [2.45, 2.75) is 26.4 Å². The average molecular weight is 156 g/mol. The van der Waals surface area contributed by atoms with Crippen LogP contribution in [0.25, 0.3) is 0 Å². The molecule has 1 heterocycles. The first-order valence-corrected chi connectivity index (χ1v) is 3.64. The molecule has 11 heavy (non-hydrogen) atoms. The lowest BCUT2D eigenvalue weighted by Gasteiger charge is -2.20. The quantitative estimate of drug-likeness (QED) is 0.564. The fourth-order valence-electron chi connectivity index (χ4n) is 0.983. The molecule has 0 aromatic rings. The van der Waals surface area contributed by atoms with Gasteiger partial charge in [-0.15, -0.1) is 0 Å². The molecule has 62 valence electrons. The highest BCUT2D eigenvalue weighted by Crippen LogP contribution is 2.27. The van der Waals surface area contributed by atoms with Gasteiger partial charge in [-0.25, -0.2) is 4.79 Å². The minimum absolute atomic E-state index is 0.321. The van der Waals surface area contributed by atoms with Gasteiger partial charge in [0.1, 0.15) is 5.76 Å². The van der Waals surface area contributed by atoms with Gasteiger partial charge in [-0.1, -0.05) is 0 Å². The molecule has 0 fully saturated rings. The first-order chi connectivity index (χ1) is 5.06. The van der Waals surface area contributed by atoms with Crippen LogP contribution in [0.5, 0.6) is 0 Å². The SMILES string of the molecule is CCOC1=CC(=O)OC1(C)C. The van der Waals surface area contributed by atoms with E-state index in [0.29, 0.717) is 12.4 Å². The highest BCUT2D eigenvalue weighted by molar-refractivity contribution is 5.86. The molecule has 1 aliphatic heterocycles. The zero-order valence-corrected chi connectivity index (χ0v) is 7.01. The minimum Gasteiger partial charge on any atom is -0.494 e. The van der Waals surface area contributed by atoms with E-state index in [-0.39, 0.29) is 5.97 Å². The summed E-state index contributed by atoms with van der Waals surface area (Å²) in [6.07, 6.45) is 1.39. The summed E-state index contributed by atoms with van der Waals surface area (Å²) in [5.41, 5.74) is -0.576. The fourth-order valence-corrected chi connectivity index (χ4v) is 0.983. The molecule has 1 rings (SSSR count). The summed E-state index contributed by atoms with van der Waals surface area (Å²) < 4.78 is 10.2. The predicted octanol–water partition coefficient (Wildman–Crippen LogP) is 1.24. The molecule has 0 amide bonds. The van der Waals surface area contributed by atoms with Crippen molar-refractivity contribution in [1.82, 2.24) is 0 Å². The van der Waals surface area contributed by atoms with Gasteiger partial charge in [0.15, 0.2) is 5.60 Å². The molecule has 3 heteroatoms. The Labute approximate surface area is 66.0 Å². The third-order valence-corrected chi connectivity index (χ3v) is 1.50. The molecule has 3 nitrogen and oxygen atoms in total. The molecule has 0 unspecified atom stereocenters. The van der Waals surface area contributed by atoms with Crippen molar-refractivity contribution in [3.8, 4) is 0 Å². The second kappa shape index (κ2) is 2.57. The number of ether oxygens (including phenoxy) is 2. The Balaban J connectivity index is 2.75.